The number of unbranched alkanes of at least 4 members (excludes halogenated alkanes) is 2. The predicted molar refractivity (Wildman–Crippen MR) is 164 cm³/mol. The van der Waals surface area contributed by atoms with Gasteiger partial charge in [-0.05, 0) is 64.2 Å². The molecule has 236 valence electrons. The maximum atomic E-state index is 13.2. The van der Waals surface area contributed by atoms with E-state index in [0.717, 1.165) is 80.3 Å². The molecule has 2 fully saturated rings. The molecule has 2 saturated carbocycles. The van der Waals surface area contributed by atoms with E-state index in [1.807, 2.05) is 12.3 Å². The average Bonchev–Trinajstić information content (AvgIpc) is 3.34. The van der Waals surface area contributed by atoms with Crippen LogP contribution in [-0.4, -0.2) is 57.9 Å². The molecule has 2 amide bonds. The molecule has 0 aliphatic heterocycles. The summed E-state index contributed by atoms with van der Waals surface area (Å²) in [6, 6.07) is 3.54. The summed E-state index contributed by atoms with van der Waals surface area (Å²) in [5.41, 5.74) is 0.663. The number of ether oxygens (including phenoxy) is 1. The average molecular weight is 648 g/mol. The van der Waals surface area contributed by atoms with Crippen molar-refractivity contribution >= 4 is 35.0 Å². The maximum Gasteiger partial charge on any atom is 0.434 e. The Balaban J connectivity index is 1.18. The first-order valence-corrected chi connectivity index (χ1v) is 16.6. The van der Waals surface area contributed by atoms with Crippen LogP contribution in [-0.2, 0) is 15.8 Å². The molecule has 0 aromatic carbocycles. The summed E-state index contributed by atoms with van der Waals surface area (Å²) in [4.78, 5) is 38.3. The Kier molecular flexibility index (Phi) is 10.3. The van der Waals surface area contributed by atoms with E-state index in [9.17, 15) is 22.8 Å². The Morgan fingerprint density at radius 3 is 2.52 bits per heavy atom. The van der Waals surface area contributed by atoms with E-state index in [1.165, 1.54) is 11.3 Å². The number of nitrogens with zero attached hydrogens (tertiary/aromatic N) is 4. The third-order valence-electron chi connectivity index (χ3n) is 7.81. The second kappa shape index (κ2) is 14.2. The molecule has 3 heterocycles. The van der Waals surface area contributed by atoms with Crippen LogP contribution in [0.2, 0.25) is 0 Å². The third kappa shape index (κ3) is 8.65. The predicted octanol–water partition coefficient (Wildman–Crippen LogP) is 6.91. The first-order chi connectivity index (χ1) is 21.1. The van der Waals surface area contributed by atoms with Gasteiger partial charge in [-0.25, -0.2) is 15.0 Å². The highest BCUT2D eigenvalue weighted by atomic mass is 32.1. The smallest absolute Gasteiger partial charge is 0.434 e. The van der Waals surface area contributed by atoms with Gasteiger partial charge < -0.3 is 15.0 Å². The van der Waals surface area contributed by atoms with Crippen molar-refractivity contribution in [2.75, 3.05) is 13.6 Å². The minimum Gasteiger partial charge on any atom is -0.490 e. The number of carbonyl (C=O) groups is 2. The van der Waals surface area contributed by atoms with Crippen LogP contribution < -0.4 is 10.1 Å². The maximum absolute atomic E-state index is 13.2. The van der Waals surface area contributed by atoms with Gasteiger partial charge in [0.1, 0.15) is 27.2 Å². The van der Waals surface area contributed by atoms with Crippen LogP contribution >= 0.6 is 22.7 Å². The first kappa shape index (κ1) is 32.1. The van der Waals surface area contributed by atoms with Gasteiger partial charge in [0.15, 0.2) is 5.69 Å². The van der Waals surface area contributed by atoms with Crippen LogP contribution in [0.3, 0.4) is 0 Å². The summed E-state index contributed by atoms with van der Waals surface area (Å²) < 4.78 is 46.1. The van der Waals surface area contributed by atoms with E-state index in [2.05, 4.69) is 32.4 Å². The lowest BCUT2D eigenvalue weighted by atomic mass is 9.86. The van der Waals surface area contributed by atoms with Crippen molar-refractivity contribution in [2.24, 2.45) is 11.8 Å². The molecule has 8 nitrogen and oxygen atoms in total. The molecule has 2 unspecified atom stereocenters. The van der Waals surface area contributed by atoms with Crippen molar-refractivity contribution in [3.05, 3.63) is 46.4 Å². The van der Waals surface area contributed by atoms with E-state index in [4.69, 9.17) is 4.74 Å². The second-order valence-corrected chi connectivity index (χ2v) is 13.2. The van der Waals surface area contributed by atoms with Crippen LogP contribution in [0.1, 0.15) is 62.8 Å². The molecule has 0 bridgehead atoms. The fraction of sp³-hybridized carbons (Fsp3) is 0.516. The van der Waals surface area contributed by atoms with E-state index in [-0.39, 0.29) is 34.7 Å². The topological polar surface area (TPSA) is 97.3 Å². The number of alkyl halides is 3. The Morgan fingerprint density at radius 2 is 1.84 bits per heavy atom. The molecular formula is C31H36F3N5O3S2. The summed E-state index contributed by atoms with van der Waals surface area (Å²) in [6.45, 7) is 2.62. The SMILES string of the molecule is Cc1csc(-c2cc(O[C@H]3CCCC(C(=O)NC4C[C@H]4/C=C\CCCCN(C)C=O)C3)cc(-c3nc(C(F)(F)F)cs3)n2)n1. The molecule has 13 heteroatoms. The van der Waals surface area contributed by atoms with Gasteiger partial charge in [0.05, 0.1) is 6.10 Å². The molecule has 0 spiro atoms. The molecule has 44 heavy (non-hydrogen) atoms. The number of hydrogen-bond acceptors (Lipinski definition) is 8. The van der Waals surface area contributed by atoms with E-state index >= 15 is 0 Å². The molecule has 5 rings (SSSR count). The van der Waals surface area contributed by atoms with Crippen LogP contribution in [0, 0.1) is 18.8 Å². The Hall–Kier alpha value is -3.32. The summed E-state index contributed by atoms with van der Waals surface area (Å²) in [5.74, 6) is 0.717. The number of aromatic nitrogens is 3. The minimum absolute atomic E-state index is 0.0490. The van der Waals surface area contributed by atoms with Crippen molar-refractivity contribution in [1.82, 2.24) is 25.2 Å². The molecule has 3 aromatic heterocycles. The fourth-order valence-electron chi connectivity index (χ4n) is 5.31. The molecule has 2 aliphatic rings. The summed E-state index contributed by atoms with van der Waals surface area (Å²) in [5, 5.41) is 6.86. The third-order valence-corrected chi connectivity index (χ3v) is 9.66. The van der Waals surface area contributed by atoms with E-state index in [0.29, 0.717) is 28.8 Å². The Bertz CT molecular complexity index is 1470. The fourth-order valence-corrected chi connectivity index (χ4v) is 6.85. The van der Waals surface area contributed by atoms with Crippen molar-refractivity contribution in [2.45, 2.75) is 76.6 Å². The lowest BCUT2D eigenvalue weighted by Gasteiger charge is -2.29. The van der Waals surface area contributed by atoms with Crippen molar-refractivity contribution < 1.29 is 27.5 Å². The molecule has 3 aromatic rings. The monoisotopic (exact) mass is 647 g/mol. The minimum atomic E-state index is -4.54. The van der Waals surface area contributed by atoms with Crippen LogP contribution in [0.25, 0.3) is 21.4 Å². The molecule has 0 radical (unpaired) electrons. The van der Waals surface area contributed by atoms with Gasteiger partial charge in [0.25, 0.3) is 0 Å². The molecule has 2 aliphatic carbocycles. The highest BCUT2D eigenvalue weighted by Gasteiger charge is 2.38. The zero-order valence-corrected chi connectivity index (χ0v) is 26.3. The van der Waals surface area contributed by atoms with Gasteiger partial charge in [-0.1, -0.05) is 12.2 Å². The lowest BCUT2D eigenvalue weighted by molar-refractivity contribution is -0.140. The highest BCUT2D eigenvalue weighted by molar-refractivity contribution is 7.13. The van der Waals surface area contributed by atoms with Gasteiger partial charge in [-0.2, -0.15) is 13.2 Å². The number of nitrogens with one attached hydrogen (secondary N) is 1. The van der Waals surface area contributed by atoms with Crippen LogP contribution in [0.5, 0.6) is 5.75 Å². The summed E-state index contributed by atoms with van der Waals surface area (Å²) in [7, 11) is 1.78. The highest BCUT2D eigenvalue weighted by Crippen LogP contribution is 2.37. The van der Waals surface area contributed by atoms with Gasteiger partial charge in [-0.3, -0.25) is 9.59 Å². The normalized spacial score (nSPS) is 21.8. The molecule has 4 atom stereocenters. The van der Waals surface area contributed by atoms with Crippen LogP contribution in [0.15, 0.2) is 35.0 Å². The number of halogens is 3. The molecular weight excluding hydrogens is 612 g/mol. The number of pyridine rings is 1. The molecule has 1 N–H and O–H groups in total. The quantitative estimate of drug-likeness (QED) is 0.123. The number of thiazole rings is 2. The van der Waals surface area contributed by atoms with Gasteiger partial charge in [0.2, 0.25) is 12.3 Å². The number of amides is 2. The number of hydrogen-bond donors (Lipinski definition) is 1. The number of aryl methyl sites for hydroxylation is 1. The standard InChI is InChI=1S/C31H36F3N5O3S2/c1-19-16-43-29(35-19)25-14-23(15-26(36-25)30-38-27(17-44-30)31(32,33)34)42-22-10-7-9-21(12-22)28(41)37-24-13-20(24)8-5-3-4-6-11-39(2)18-40/h5,8,14-18,20-22,24H,3-4,6-7,9-13H2,1-2H3,(H,37,41)/b8-5-/t20-,21?,22+,24?/m1/s1. The number of allylic oxidation sites excluding steroid dienone is 1. The molecule has 0 saturated heterocycles. The van der Waals surface area contributed by atoms with Crippen molar-refractivity contribution in [1.29, 1.82) is 0 Å². The zero-order chi connectivity index (χ0) is 31.3. The van der Waals surface area contributed by atoms with Gasteiger partial charge >= 0.3 is 6.18 Å². The lowest BCUT2D eigenvalue weighted by Crippen LogP contribution is -2.38. The summed E-state index contributed by atoms with van der Waals surface area (Å²) in [6.07, 6.45) is 7.29. The van der Waals surface area contributed by atoms with E-state index < -0.39 is 11.9 Å². The van der Waals surface area contributed by atoms with Crippen LogP contribution in [0.4, 0.5) is 13.2 Å². The van der Waals surface area contributed by atoms with Crippen molar-refractivity contribution in [3.63, 3.8) is 0 Å². The first-order valence-electron chi connectivity index (χ1n) is 14.9. The Labute approximate surface area is 262 Å². The number of carbonyl (C=O) groups excluding carboxylic acids is 2. The second-order valence-electron chi connectivity index (χ2n) is 11.5. The summed E-state index contributed by atoms with van der Waals surface area (Å²) >= 11 is 2.28. The van der Waals surface area contributed by atoms with Gasteiger partial charge in [0, 0.05) is 54.1 Å². The van der Waals surface area contributed by atoms with Gasteiger partial charge in [-0.15, -0.1) is 22.7 Å². The zero-order valence-electron chi connectivity index (χ0n) is 24.7. The van der Waals surface area contributed by atoms with Crippen molar-refractivity contribution in [3.8, 4) is 27.2 Å². The number of rotatable bonds is 13. The van der Waals surface area contributed by atoms with E-state index in [1.54, 1.807) is 24.1 Å². The largest absolute Gasteiger partial charge is 0.490 e. The Morgan fingerprint density at radius 1 is 1.09 bits per heavy atom.